The first-order valence-electron chi connectivity index (χ1n) is 21.6. The molecule has 2 aliphatic carbocycles. The van der Waals surface area contributed by atoms with E-state index < -0.39 is 5.83 Å². The van der Waals surface area contributed by atoms with Crippen molar-refractivity contribution in [3.8, 4) is 0 Å². The highest BCUT2D eigenvalue weighted by Crippen LogP contribution is 2.52. The van der Waals surface area contributed by atoms with Gasteiger partial charge < -0.3 is 14.2 Å². The number of furan rings is 1. The van der Waals surface area contributed by atoms with Crippen molar-refractivity contribution in [2.75, 3.05) is 9.80 Å². The number of aryl methyl sites for hydroxylation is 1. The molecule has 5 aromatic rings. The summed E-state index contributed by atoms with van der Waals surface area (Å²) in [5.74, 6) is -0.658. The molecule has 0 saturated carbocycles. The molecule has 304 valence electrons. The number of benzene rings is 4. The zero-order valence-corrected chi connectivity index (χ0v) is 37.1. The molecule has 0 N–H and O–H groups in total. The number of hydrogen-bond acceptors (Lipinski definition) is 3. The van der Waals surface area contributed by atoms with Gasteiger partial charge in [0.15, 0.2) is 0 Å². The molecule has 0 bridgehead atoms. The first-order valence-corrected chi connectivity index (χ1v) is 21.6. The Labute approximate surface area is 351 Å². The molecule has 0 amide bonds. The second kappa shape index (κ2) is 13.1. The molecule has 0 unspecified atom stereocenters. The summed E-state index contributed by atoms with van der Waals surface area (Å²) in [5.41, 5.74) is 17.5. The lowest BCUT2D eigenvalue weighted by atomic mass is 9.35. The third-order valence-electron chi connectivity index (χ3n) is 14.5. The van der Waals surface area contributed by atoms with Crippen molar-refractivity contribution in [3.05, 3.63) is 131 Å². The summed E-state index contributed by atoms with van der Waals surface area (Å²) in [6, 6.07) is 23.5. The summed E-state index contributed by atoms with van der Waals surface area (Å²) in [7, 11) is 0. The fourth-order valence-corrected chi connectivity index (χ4v) is 10.6. The second-order valence-electron chi connectivity index (χ2n) is 21.5. The third-order valence-corrected chi connectivity index (χ3v) is 14.5. The average Bonchev–Trinajstić information content (AvgIpc) is 3.53. The van der Waals surface area contributed by atoms with Gasteiger partial charge in [0.05, 0.1) is 17.7 Å². The van der Waals surface area contributed by atoms with E-state index in [4.69, 9.17) is 4.42 Å². The van der Waals surface area contributed by atoms with Crippen LogP contribution in [0.4, 0.5) is 37.2 Å². The van der Waals surface area contributed by atoms with Gasteiger partial charge >= 0.3 is 0 Å². The molecule has 0 spiro atoms. The van der Waals surface area contributed by atoms with Crippen molar-refractivity contribution >= 4 is 62.7 Å². The Morgan fingerprint density at radius 2 is 1.29 bits per heavy atom. The number of fused-ring (bicyclic) bond motifs is 8. The van der Waals surface area contributed by atoms with E-state index in [1.165, 1.54) is 45.0 Å². The molecule has 9 rings (SSSR count). The van der Waals surface area contributed by atoms with Crippen molar-refractivity contribution in [1.82, 2.24) is 0 Å². The van der Waals surface area contributed by atoms with Gasteiger partial charge in [-0.3, -0.25) is 0 Å². The fraction of sp³-hybridized carbons (Fsp3) is 0.396. The first kappa shape index (κ1) is 39.6. The maximum Gasteiger partial charge on any atom is 0.297 e. The van der Waals surface area contributed by atoms with Crippen LogP contribution in [0, 0.1) is 6.92 Å². The monoisotopic (exact) mass is 788 g/mol. The van der Waals surface area contributed by atoms with Crippen LogP contribution in [0.3, 0.4) is 0 Å². The van der Waals surface area contributed by atoms with E-state index in [-0.39, 0.29) is 40.1 Å². The summed E-state index contributed by atoms with van der Waals surface area (Å²) in [6.45, 7) is 27.8. The maximum absolute atomic E-state index is 14.7. The summed E-state index contributed by atoms with van der Waals surface area (Å²) in [5, 5.41) is 1.05. The zero-order valence-electron chi connectivity index (χ0n) is 37.1. The van der Waals surface area contributed by atoms with Gasteiger partial charge in [-0.25, -0.2) is 8.78 Å². The van der Waals surface area contributed by atoms with Crippen molar-refractivity contribution in [1.29, 1.82) is 0 Å². The molecular weight excluding hydrogens is 729 g/mol. The standard InChI is InChI=1S/C53H59BF2N2O/c1-32-26-43-46-44(27-32)58(35-17-15-33(16-18-35)49(2,3)4)42-30-39-38(51(7,8)21-22-52(39,9)10)29-41(42)54(46)48-47(57(43)25-13-14-34(56)19-24-55)36-28-37-40(31-45(36)59-48)53(11,12)23-20-50(37,5)6/h13-19,24-31H,20-23H2,1-12H3/b24-19+,25-13+,34-14+. The normalized spacial score (nSPS) is 19.8. The zero-order chi connectivity index (χ0) is 42.2. The highest BCUT2D eigenvalue weighted by molar-refractivity contribution is 6.99. The smallest absolute Gasteiger partial charge is 0.297 e. The molecule has 1 aromatic heterocycles. The Bertz CT molecular complexity index is 2650. The topological polar surface area (TPSA) is 19.6 Å². The summed E-state index contributed by atoms with van der Waals surface area (Å²) < 4.78 is 35.1. The molecule has 2 aliphatic heterocycles. The van der Waals surface area contributed by atoms with Crippen molar-refractivity contribution in [2.24, 2.45) is 0 Å². The SMILES string of the molecule is Cc1cc2c3c(c1)N(c1ccc(C(C)(C)C)cc1)c1cc4c(cc1B3c1oc3cc5c(cc3c1N2/C=C/C=C(F)\C=C\F)C(C)(C)CCC5(C)C)C(C)(C)CCC4(C)C. The van der Waals surface area contributed by atoms with Crippen LogP contribution in [-0.4, -0.2) is 6.71 Å². The molecular formula is C53H59BF2N2O. The Balaban J connectivity index is 1.40. The highest BCUT2D eigenvalue weighted by atomic mass is 19.1. The number of halogens is 2. The van der Waals surface area contributed by atoms with E-state index in [0.29, 0.717) is 0 Å². The van der Waals surface area contributed by atoms with Crippen LogP contribution < -0.4 is 26.4 Å². The lowest BCUT2D eigenvalue weighted by Crippen LogP contribution is -2.61. The van der Waals surface area contributed by atoms with Crippen LogP contribution in [0.5, 0.6) is 0 Å². The van der Waals surface area contributed by atoms with Gasteiger partial charge in [-0.15, -0.1) is 0 Å². The molecule has 0 saturated heterocycles. The van der Waals surface area contributed by atoms with Crippen molar-refractivity contribution in [2.45, 2.75) is 136 Å². The molecule has 59 heavy (non-hydrogen) atoms. The second-order valence-corrected chi connectivity index (χ2v) is 21.5. The molecule has 0 fully saturated rings. The average molecular weight is 789 g/mol. The third kappa shape index (κ3) is 6.17. The van der Waals surface area contributed by atoms with Gasteiger partial charge in [-0.2, -0.15) is 0 Å². The largest absolute Gasteiger partial charge is 0.468 e. The molecule has 3 nitrogen and oxygen atoms in total. The Morgan fingerprint density at radius 1 is 0.729 bits per heavy atom. The number of nitrogens with zero attached hydrogens (tertiary/aromatic N) is 2. The highest BCUT2D eigenvalue weighted by Gasteiger charge is 2.49. The fourth-order valence-electron chi connectivity index (χ4n) is 10.6. The Kier molecular flexibility index (Phi) is 8.78. The number of anilines is 5. The van der Waals surface area contributed by atoms with Gasteiger partial charge in [0.1, 0.15) is 11.4 Å². The van der Waals surface area contributed by atoms with E-state index in [1.807, 2.05) is 6.20 Å². The molecule has 3 heterocycles. The van der Waals surface area contributed by atoms with Crippen LogP contribution in [0.25, 0.3) is 11.0 Å². The Hall–Kier alpha value is -4.84. The molecule has 0 radical (unpaired) electrons. The van der Waals surface area contributed by atoms with Crippen LogP contribution >= 0.6 is 0 Å². The predicted molar refractivity (Wildman–Crippen MR) is 247 cm³/mol. The van der Waals surface area contributed by atoms with Gasteiger partial charge in [-0.1, -0.05) is 94.4 Å². The predicted octanol–water partition coefficient (Wildman–Crippen LogP) is 13.3. The quantitative estimate of drug-likeness (QED) is 0.131. The van der Waals surface area contributed by atoms with Gasteiger partial charge in [0.25, 0.3) is 6.71 Å². The van der Waals surface area contributed by atoms with Crippen LogP contribution in [0.15, 0.2) is 102 Å². The minimum absolute atomic E-state index is 0.00333. The minimum Gasteiger partial charge on any atom is -0.468 e. The van der Waals surface area contributed by atoms with E-state index in [9.17, 15) is 8.78 Å². The lowest BCUT2D eigenvalue weighted by molar-refractivity contribution is 0.332. The van der Waals surface area contributed by atoms with Crippen LogP contribution in [0.1, 0.15) is 135 Å². The van der Waals surface area contributed by atoms with Crippen LogP contribution in [0.2, 0.25) is 0 Å². The lowest BCUT2D eigenvalue weighted by Gasteiger charge is -2.46. The molecule has 4 aromatic carbocycles. The van der Waals surface area contributed by atoms with E-state index in [0.717, 1.165) is 82.2 Å². The van der Waals surface area contributed by atoms with E-state index >= 15 is 0 Å². The Morgan fingerprint density at radius 3 is 1.88 bits per heavy atom. The number of allylic oxidation sites excluding steroid dienone is 4. The van der Waals surface area contributed by atoms with Crippen molar-refractivity contribution in [3.63, 3.8) is 0 Å². The van der Waals surface area contributed by atoms with E-state index in [1.54, 1.807) is 6.08 Å². The number of hydrogen-bond donors (Lipinski definition) is 0. The summed E-state index contributed by atoms with van der Waals surface area (Å²) in [6.07, 6.45) is 10.4. The maximum atomic E-state index is 14.7. The summed E-state index contributed by atoms with van der Waals surface area (Å²) >= 11 is 0. The van der Waals surface area contributed by atoms with Gasteiger partial charge in [0, 0.05) is 40.4 Å². The number of rotatable bonds is 4. The summed E-state index contributed by atoms with van der Waals surface area (Å²) in [4.78, 5) is 4.68. The molecule has 4 aliphatic rings. The van der Waals surface area contributed by atoms with Crippen molar-refractivity contribution < 1.29 is 13.2 Å². The first-order chi connectivity index (χ1) is 27.6. The molecule has 6 heteroatoms. The minimum atomic E-state index is -0.658. The van der Waals surface area contributed by atoms with E-state index in [2.05, 4.69) is 154 Å². The molecule has 0 atom stereocenters. The van der Waals surface area contributed by atoms with Gasteiger partial charge in [-0.05, 0) is 159 Å². The van der Waals surface area contributed by atoms with Gasteiger partial charge in [0.2, 0.25) is 0 Å². The van der Waals surface area contributed by atoms with Crippen LogP contribution in [-0.2, 0) is 27.1 Å².